The maximum Gasteiger partial charge on any atom is 0.240 e. The first kappa shape index (κ1) is 15.6. The molecule has 0 spiro atoms. The zero-order valence-electron chi connectivity index (χ0n) is 12.7. The molecular weight excluding hydrogens is 278 g/mol. The maximum absolute atomic E-state index is 12.8. The molecule has 0 aliphatic rings. The lowest BCUT2D eigenvalue weighted by Gasteiger charge is -2.27. The zero-order valence-corrected chi connectivity index (χ0v) is 13.5. The summed E-state index contributed by atoms with van der Waals surface area (Å²) in [4.78, 5) is 14.5. The smallest absolute Gasteiger partial charge is 0.240 e. The van der Waals surface area contributed by atoms with Gasteiger partial charge in [0.05, 0.1) is 5.25 Å². The lowest BCUT2D eigenvalue weighted by molar-refractivity contribution is -0.118. The van der Waals surface area contributed by atoms with Crippen LogP contribution in [0, 0.1) is 0 Å². The van der Waals surface area contributed by atoms with E-state index in [1.165, 1.54) is 5.56 Å². The molecule has 0 N–H and O–H groups in total. The number of amides is 1. The second kappa shape index (κ2) is 7.32. The van der Waals surface area contributed by atoms with E-state index in [0.29, 0.717) is 0 Å². The molecule has 3 heteroatoms. The van der Waals surface area contributed by atoms with Gasteiger partial charge >= 0.3 is 0 Å². The fourth-order valence-electron chi connectivity index (χ4n) is 2.42. The minimum absolute atomic E-state index is 0.0855. The van der Waals surface area contributed by atoms with E-state index >= 15 is 0 Å². The fraction of sp³-hybridized carbons (Fsp3) is 0.278. The van der Waals surface area contributed by atoms with E-state index in [1.54, 1.807) is 16.7 Å². The van der Waals surface area contributed by atoms with Gasteiger partial charge in [-0.05, 0) is 24.0 Å². The van der Waals surface area contributed by atoms with Crippen molar-refractivity contribution in [3.63, 3.8) is 0 Å². The summed E-state index contributed by atoms with van der Waals surface area (Å²) in [5.74, 6) is 0.324. The van der Waals surface area contributed by atoms with Crippen LogP contribution in [0.5, 0.6) is 0 Å². The van der Waals surface area contributed by atoms with Crippen LogP contribution in [0.1, 0.15) is 18.4 Å². The van der Waals surface area contributed by atoms with Crippen molar-refractivity contribution in [2.24, 2.45) is 0 Å². The SMILES string of the molecule is CSC(C(=O)N(C)c1ccccc1)C(C)c1ccccc1. The molecular formula is C18H21NOS. The van der Waals surface area contributed by atoms with Crippen LogP contribution in [0.3, 0.4) is 0 Å². The van der Waals surface area contributed by atoms with Gasteiger partial charge in [0.1, 0.15) is 0 Å². The summed E-state index contributed by atoms with van der Waals surface area (Å²) < 4.78 is 0. The van der Waals surface area contributed by atoms with Crippen LogP contribution in [-0.2, 0) is 4.79 Å². The molecule has 21 heavy (non-hydrogen) atoms. The molecule has 0 radical (unpaired) electrons. The standard InChI is InChI=1S/C18H21NOS/c1-14(15-10-6-4-7-11-15)17(21-3)18(20)19(2)16-12-8-5-9-13-16/h4-14,17H,1-3H3. The molecule has 0 aromatic heterocycles. The number of para-hydroxylation sites is 1. The predicted octanol–water partition coefficient (Wildman–Crippen LogP) is 4.18. The monoisotopic (exact) mass is 299 g/mol. The largest absolute Gasteiger partial charge is 0.315 e. The molecule has 1 amide bonds. The summed E-state index contributed by atoms with van der Waals surface area (Å²) in [5.41, 5.74) is 2.13. The maximum atomic E-state index is 12.8. The van der Waals surface area contributed by atoms with E-state index < -0.39 is 0 Å². The Labute approximate surface area is 131 Å². The van der Waals surface area contributed by atoms with Crippen molar-refractivity contribution >= 4 is 23.4 Å². The highest BCUT2D eigenvalue weighted by Gasteiger charge is 2.28. The molecule has 0 aliphatic heterocycles. The molecule has 2 nitrogen and oxygen atoms in total. The van der Waals surface area contributed by atoms with Gasteiger partial charge < -0.3 is 4.90 Å². The first-order chi connectivity index (χ1) is 10.1. The first-order valence-electron chi connectivity index (χ1n) is 7.05. The van der Waals surface area contributed by atoms with Crippen LogP contribution < -0.4 is 4.90 Å². The van der Waals surface area contributed by atoms with Gasteiger partial charge in [-0.3, -0.25) is 4.79 Å². The Balaban J connectivity index is 2.19. The van der Waals surface area contributed by atoms with Crippen LogP contribution in [0.25, 0.3) is 0 Å². The topological polar surface area (TPSA) is 20.3 Å². The van der Waals surface area contributed by atoms with Gasteiger partial charge in [-0.1, -0.05) is 55.5 Å². The van der Waals surface area contributed by atoms with Crippen molar-refractivity contribution in [1.82, 2.24) is 0 Å². The number of rotatable bonds is 5. The van der Waals surface area contributed by atoms with Crippen LogP contribution >= 0.6 is 11.8 Å². The Hall–Kier alpha value is -1.74. The first-order valence-corrected chi connectivity index (χ1v) is 8.34. The minimum Gasteiger partial charge on any atom is -0.315 e. The van der Waals surface area contributed by atoms with E-state index in [0.717, 1.165) is 5.69 Å². The van der Waals surface area contributed by atoms with E-state index in [-0.39, 0.29) is 17.1 Å². The number of thioether (sulfide) groups is 1. The number of anilines is 1. The van der Waals surface area contributed by atoms with E-state index in [9.17, 15) is 4.79 Å². The van der Waals surface area contributed by atoms with Crippen LogP contribution in [-0.4, -0.2) is 24.5 Å². The van der Waals surface area contributed by atoms with Crippen molar-refractivity contribution in [1.29, 1.82) is 0 Å². The molecule has 0 aliphatic carbocycles. The average Bonchev–Trinajstić information content (AvgIpc) is 2.56. The van der Waals surface area contributed by atoms with Crippen LogP contribution in [0.2, 0.25) is 0 Å². The molecule has 2 aromatic carbocycles. The molecule has 110 valence electrons. The molecule has 0 saturated heterocycles. The van der Waals surface area contributed by atoms with Crippen molar-refractivity contribution in [3.05, 3.63) is 66.2 Å². The second-order valence-corrected chi connectivity index (χ2v) is 6.07. The number of hydrogen-bond acceptors (Lipinski definition) is 2. The number of carbonyl (C=O) groups is 1. The van der Waals surface area contributed by atoms with Gasteiger partial charge in [-0.2, -0.15) is 11.8 Å². The lowest BCUT2D eigenvalue weighted by atomic mass is 9.96. The highest BCUT2D eigenvalue weighted by atomic mass is 32.2. The number of nitrogens with zero attached hydrogens (tertiary/aromatic N) is 1. The lowest BCUT2D eigenvalue weighted by Crippen LogP contribution is -2.37. The van der Waals surface area contributed by atoms with Gasteiger partial charge in [-0.25, -0.2) is 0 Å². The molecule has 2 atom stereocenters. The predicted molar refractivity (Wildman–Crippen MR) is 92.0 cm³/mol. The molecule has 0 bridgehead atoms. The van der Waals surface area contributed by atoms with Gasteiger partial charge in [0, 0.05) is 18.7 Å². The molecule has 2 unspecified atom stereocenters. The molecule has 0 heterocycles. The van der Waals surface area contributed by atoms with Crippen molar-refractivity contribution < 1.29 is 4.79 Å². The number of hydrogen-bond donors (Lipinski definition) is 0. The Kier molecular flexibility index (Phi) is 5.45. The quantitative estimate of drug-likeness (QED) is 0.825. The summed E-state index contributed by atoms with van der Waals surface area (Å²) in [6.45, 7) is 2.12. The summed E-state index contributed by atoms with van der Waals surface area (Å²) in [6.07, 6.45) is 2.00. The third-order valence-corrected chi connectivity index (χ3v) is 4.87. The van der Waals surface area contributed by atoms with Crippen molar-refractivity contribution in [2.75, 3.05) is 18.2 Å². The molecule has 2 rings (SSSR count). The fourth-order valence-corrected chi connectivity index (χ4v) is 3.35. The normalized spacial score (nSPS) is 13.5. The van der Waals surface area contributed by atoms with Gasteiger partial charge in [0.15, 0.2) is 0 Å². The Bertz CT molecular complexity index is 570. The average molecular weight is 299 g/mol. The Morgan fingerprint density at radius 2 is 1.52 bits per heavy atom. The van der Waals surface area contributed by atoms with Gasteiger partial charge in [-0.15, -0.1) is 0 Å². The highest BCUT2D eigenvalue weighted by molar-refractivity contribution is 8.00. The minimum atomic E-state index is -0.0855. The van der Waals surface area contributed by atoms with Crippen LogP contribution in [0.15, 0.2) is 60.7 Å². The van der Waals surface area contributed by atoms with E-state index in [1.807, 2.05) is 61.8 Å². The summed E-state index contributed by atoms with van der Waals surface area (Å²) in [6, 6.07) is 20.0. The second-order valence-electron chi connectivity index (χ2n) is 5.09. The van der Waals surface area contributed by atoms with Crippen molar-refractivity contribution in [2.45, 2.75) is 18.1 Å². The Morgan fingerprint density at radius 3 is 2.05 bits per heavy atom. The Morgan fingerprint density at radius 1 is 1.00 bits per heavy atom. The number of carbonyl (C=O) groups excluding carboxylic acids is 1. The van der Waals surface area contributed by atoms with Crippen LogP contribution in [0.4, 0.5) is 5.69 Å². The van der Waals surface area contributed by atoms with Gasteiger partial charge in [0.25, 0.3) is 0 Å². The summed E-state index contributed by atoms with van der Waals surface area (Å²) in [5, 5.41) is -0.0855. The van der Waals surface area contributed by atoms with Crippen molar-refractivity contribution in [3.8, 4) is 0 Å². The van der Waals surface area contributed by atoms with E-state index in [4.69, 9.17) is 0 Å². The molecule has 0 fully saturated rings. The van der Waals surface area contributed by atoms with Gasteiger partial charge in [0.2, 0.25) is 5.91 Å². The highest BCUT2D eigenvalue weighted by Crippen LogP contribution is 2.29. The summed E-state index contributed by atoms with van der Waals surface area (Å²) in [7, 11) is 1.85. The summed E-state index contributed by atoms with van der Waals surface area (Å²) >= 11 is 1.61. The zero-order chi connectivity index (χ0) is 15.2. The molecule has 2 aromatic rings. The third-order valence-electron chi connectivity index (χ3n) is 3.75. The number of benzene rings is 2. The third kappa shape index (κ3) is 3.67. The molecule has 0 saturated carbocycles. The van der Waals surface area contributed by atoms with E-state index in [2.05, 4.69) is 19.1 Å².